The quantitative estimate of drug-likeness (QED) is 0.597. The second kappa shape index (κ2) is 7.61. The summed E-state index contributed by atoms with van der Waals surface area (Å²) in [6.07, 6.45) is 0. The van der Waals surface area contributed by atoms with Gasteiger partial charge in [0, 0.05) is 25.2 Å². The minimum absolute atomic E-state index is 0.178. The molecule has 0 amide bonds. The number of nitro groups is 1. The molecule has 0 spiro atoms. The van der Waals surface area contributed by atoms with Crippen LogP contribution in [0, 0.1) is 15.9 Å². The molecule has 0 aliphatic rings. The van der Waals surface area contributed by atoms with E-state index in [2.05, 4.69) is 4.72 Å². The summed E-state index contributed by atoms with van der Waals surface area (Å²) in [5.41, 5.74) is -0.0132. The molecule has 0 saturated heterocycles. The van der Waals surface area contributed by atoms with E-state index in [1.54, 1.807) is 44.9 Å². The van der Waals surface area contributed by atoms with Gasteiger partial charge in [-0.25, -0.2) is 17.5 Å². The predicted molar refractivity (Wildman–Crippen MR) is 102 cm³/mol. The van der Waals surface area contributed by atoms with Crippen LogP contribution in [0.2, 0.25) is 0 Å². The Bertz CT molecular complexity index is 938. The van der Waals surface area contributed by atoms with E-state index in [9.17, 15) is 22.9 Å². The van der Waals surface area contributed by atoms with E-state index < -0.39 is 20.5 Å². The summed E-state index contributed by atoms with van der Waals surface area (Å²) in [6.45, 7) is 5.35. The number of nitrogens with one attached hydrogen (secondary N) is 1. The van der Waals surface area contributed by atoms with Gasteiger partial charge in [0.05, 0.1) is 9.82 Å². The maximum atomic E-state index is 13.0. The maximum Gasteiger partial charge on any atom is 0.293 e. The lowest BCUT2D eigenvalue weighted by Gasteiger charge is -2.22. The van der Waals surface area contributed by atoms with Crippen LogP contribution in [0.25, 0.3) is 0 Å². The van der Waals surface area contributed by atoms with Gasteiger partial charge in [-0.2, -0.15) is 0 Å². The fraction of sp³-hybridized carbons (Fsp3) is 0.333. The minimum atomic E-state index is -3.89. The predicted octanol–water partition coefficient (Wildman–Crippen LogP) is 3.45. The van der Waals surface area contributed by atoms with Crippen LogP contribution in [-0.2, 0) is 16.6 Å². The molecule has 0 aliphatic carbocycles. The van der Waals surface area contributed by atoms with Crippen LogP contribution in [0.5, 0.6) is 0 Å². The van der Waals surface area contributed by atoms with Crippen molar-refractivity contribution in [1.82, 2.24) is 4.72 Å². The lowest BCUT2D eigenvalue weighted by molar-refractivity contribution is -0.384. The van der Waals surface area contributed by atoms with E-state index in [4.69, 9.17) is 0 Å². The van der Waals surface area contributed by atoms with Crippen LogP contribution in [0.3, 0.4) is 0 Å². The van der Waals surface area contributed by atoms with Gasteiger partial charge in [-0.15, -0.1) is 0 Å². The molecule has 0 fully saturated rings. The average Bonchev–Trinajstić information content (AvgIpc) is 2.54. The highest BCUT2D eigenvalue weighted by Crippen LogP contribution is 2.31. The number of rotatable bonds is 6. The molecule has 2 aromatic carbocycles. The van der Waals surface area contributed by atoms with E-state index in [0.717, 1.165) is 11.6 Å². The zero-order chi connectivity index (χ0) is 20.4. The SMILES string of the molecule is CN(Cc1ccc(F)cc1)c1ccc(S(=O)(=O)NC(C)(C)C)cc1[N+](=O)[O-]. The molecule has 2 aromatic rings. The van der Waals surface area contributed by atoms with Crippen molar-refractivity contribution in [3.8, 4) is 0 Å². The van der Waals surface area contributed by atoms with Crippen molar-refractivity contribution in [1.29, 1.82) is 0 Å². The Balaban J connectivity index is 2.38. The van der Waals surface area contributed by atoms with Crippen molar-refractivity contribution in [2.24, 2.45) is 0 Å². The van der Waals surface area contributed by atoms with Gasteiger partial charge in [0.15, 0.2) is 0 Å². The molecule has 0 aliphatic heterocycles. The summed E-state index contributed by atoms with van der Waals surface area (Å²) >= 11 is 0. The molecule has 1 N–H and O–H groups in total. The Hall–Kier alpha value is -2.52. The first-order chi connectivity index (χ1) is 12.4. The fourth-order valence-electron chi connectivity index (χ4n) is 2.55. The van der Waals surface area contributed by atoms with Crippen LogP contribution in [0.1, 0.15) is 26.3 Å². The molecule has 7 nitrogen and oxygen atoms in total. The molecule has 0 atom stereocenters. The van der Waals surface area contributed by atoms with Gasteiger partial charge in [0.1, 0.15) is 11.5 Å². The number of hydrogen-bond donors (Lipinski definition) is 1. The molecule has 27 heavy (non-hydrogen) atoms. The van der Waals surface area contributed by atoms with Crippen molar-refractivity contribution in [2.75, 3.05) is 11.9 Å². The number of nitro benzene ring substituents is 1. The van der Waals surface area contributed by atoms with Crippen LogP contribution in [-0.4, -0.2) is 25.9 Å². The van der Waals surface area contributed by atoms with Crippen molar-refractivity contribution in [3.63, 3.8) is 0 Å². The summed E-state index contributed by atoms with van der Waals surface area (Å²) < 4.78 is 40.4. The highest BCUT2D eigenvalue weighted by Gasteiger charge is 2.26. The third kappa shape index (κ3) is 5.48. The van der Waals surface area contributed by atoms with Gasteiger partial charge in [-0.3, -0.25) is 10.1 Å². The molecule has 0 radical (unpaired) electrons. The van der Waals surface area contributed by atoms with E-state index in [-0.39, 0.29) is 22.1 Å². The third-order valence-electron chi connectivity index (χ3n) is 3.64. The second-order valence-electron chi connectivity index (χ2n) is 7.25. The Morgan fingerprint density at radius 2 is 1.74 bits per heavy atom. The number of halogens is 1. The third-order valence-corrected chi connectivity index (χ3v) is 5.39. The summed E-state index contributed by atoms with van der Waals surface area (Å²) in [6, 6.07) is 9.57. The fourth-order valence-corrected chi connectivity index (χ4v) is 3.99. The number of hydrogen-bond acceptors (Lipinski definition) is 5. The zero-order valence-corrected chi connectivity index (χ0v) is 16.4. The topological polar surface area (TPSA) is 92.6 Å². The van der Waals surface area contributed by atoms with Crippen molar-refractivity contribution in [3.05, 3.63) is 64.0 Å². The van der Waals surface area contributed by atoms with E-state index >= 15 is 0 Å². The number of nitrogens with zero attached hydrogens (tertiary/aromatic N) is 2. The van der Waals surface area contributed by atoms with Crippen LogP contribution < -0.4 is 9.62 Å². The largest absolute Gasteiger partial charge is 0.365 e. The van der Waals surface area contributed by atoms with Gasteiger partial charge in [-0.05, 0) is 50.6 Å². The van der Waals surface area contributed by atoms with Gasteiger partial charge in [-0.1, -0.05) is 12.1 Å². The van der Waals surface area contributed by atoms with E-state index in [1.165, 1.54) is 24.3 Å². The van der Waals surface area contributed by atoms with Gasteiger partial charge in [0.2, 0.25) is 10.0 Å². The minimum Gasteiger partial charge on any atom is -0.365 e. The van der Waals surface area contributed by atoms with Gasteiger partial charge < -0.3 is 4.90 Å². The summed E-state index contributed by atoms with van der Waals surface area (Å²) in [5.74, 6) is -0.367. The second-order valence-corrected chi connectivity index (χ2v) is 8.93. The van der Waals surface area contributed by atoms with Crippen molar-refractivity contribution in [2.45, 2.75) is 37.8 Å². The number of benzene rings is 2. The molecule has 0 saturated carbocycles. The Morgan fingerprint density at radius 3 is 2.26 bits per heavy atom. The van der Waals surface area contributed by atoms with Crippen molar-refractivity contribution < 1.29 is 17.7 Å². The van der Waals surface area contributed by atoms with Crippen molar-refractivity contribution >= 4 is 21.4 Å². The molecular weight excluding hydrogens is 373 g/mol. The Morgan fingerprint density at radius 1 is 1.15 bits per heavy atom. The normalized spacial score (nSPS) is 12.0. The molecule has 0 heterocycles. The monoisotopic (exact) mass is 395 g/mol. The van der Waals surface area contributed by atoms with Gasteiger partial charge >= 0.3 is 0 Å². The molecule has 0 bridgehead atoms. The van der Waals surface area contributed by atoms with Crippen LogP contribution in [0.15, 0.2) is 47.4 Å². The first kappa shape index (κ1) is 20.8. The van der Waals surface area contributed by atoms with E-state index in [1.807, 2.05) is 0 Å². The number of sulfonamides is 1. The summed E-state index contributed by atoms with van der Waals surface area (Å²) in [7, 11) is -2.25. The molecular formula is C18H22FN3O4S. The molecule has 2 rings (SSSR count). The highest BCUT2D eigenvalue weighted by molar-refractivity contribution is 7.89. The molecule has 0 aromatic heterocycles. The lowest BCUT2D eigenvalue weighted by atomic mass is 10.1. The van der Waals surface area contributed by atoms with Crippen LogP contribution in [0.4, 0.5) is 15.8 Å². The van der Waals surface area contributed by atoms with Crippen LogP contribution >= 0.6 is 0 Å². The zero-order valence-electron chi connectivity index (χ0n) is 15.6. The average molecular weight is 395 g/mol. The molecule has 9 heteroatoms. The summed E-state index contributed by atoms with van der Waals surface area (Å²) in [5, 5.41) is 11.5. The molecule has 0 unspecified atom stereocenters. The van der Waals surface area contributed by atoms with E-state index in [0.29, 0.717) is 6.54 Å². The smallest absolute Gasteiger partial charge is 0.293 e. The Kier molecular flexibility index (Phi) is 5.86. The standard InChI is InChI=1S/C18H22FN3O4S/c1-18(2,3)20-27(25,26)15-9-10-16(17(11-15)22(23)24)21(4)12-13-5-7-14(19)8-6-13/h5-11,20H,12H2,1-4H3. The lowest BCUT2D eigenvalue weighted by Crippen LogP contribution is -2.40. The number of anilines is 1. The first-order valence-corrected chi connectivity index (χ1v) is 9.65. The first-order valence-electron chi connectivity index (χ1n) is 8.17. The van der Waals surface area contributed by atoms with Gasteiger partial charge in [0.25, 0.3) is 5.69 Å². The highest BCUT2D eigenvalue weighted by atomic mass is 32.2. The Labute approximate surface area is 158 Å². The summed E-state index contributed by atoms with van der Waals surface area (Å²) in [4.78, 5) is 12.3. The molecule has 146 valence electrons. The maximum absolute atomic E-state index is 13.0.